The van der Waals surface area contributed by atoms with Crippen molar-refractivity contribution in [2.24, 2.45) is 7.05 Å². The summed E-state index contributed by atoms with van der Waals surface area (Å²) in [5, 5.41) is -0.0405. The van der Waals surface area contributed by atoms with E-state index in [1.54, 1.807) is 7.05 Å². The molecule has 0 atom stereocenters. The molecular formula is C7H10ClN3O3S. The standard InChI is InChI=1S/C7H10ClN3O3S/c1-11-4-9-7(6(11)8)15(12,13)10-5-2-14-3-5/h4-5,10H,2-3H2,1H3. The molecule has 1 aromatic heterocycles. The normalized spacial score (nSPS) is 17.7. The van der Waals surface area contributed by atoms with E-state index >= 15 is 0 Å². The van der Waals surface area contributed by atoms with E-state index in [1.165, 1.54) is 10.9 Å². The van der Waals surface area contributed by atoms with Crippen LogP contribution in [0.1, 0.15) is 0 Å². The van der Waals surface area contributed by atoms with Crippen LogP contribution in [0.25, 0.3) is 0 Å². The number of halogens is 1. The number of nitrogens with zero attached hydrogens (tertiary/aromatic N) is 2. The molecule has 2 rings (SSSR count). The topological polar surface area (TPSA) is 73.2 Å². The largest absolute Gasteiger partial charge is 0.378 e. The molecule has 0 bridgehead atoms. The van der Waals surface area contributed by atoms with E-state index in [0.29, 0.717) is 13.2 Å². The number of ether oxygens (including phenoxy) is 1. The predicted octanol–water partition coefficient (Wildman–Crippen LogP) is -0.249. The van der Waals surface area contributed by atoms with E-state index in [2.05, 4.69) is 9.71 Å². The van der Waals surface area contributed by atoms with Gasteiger partial charge in [-0.1, -0.05) is 11.6 Å². The highest BCUT2D eigenvalue weighted by Gasteiger charge is 2.29. The number of nitrogens with one attached hydrogen (secondary N) is 1. The van der Waals surface area contributed by atoms with Gasteiger partial charge in [0.05, 0.1) is 25.6 Å². The molecule has 84 valence electrons. The zero-order chi connectivity index (χ0) is 11.1. The molecule has 15 heavy (non-hydrogen) atoms. The first-order valence-electron chi connectivity index (χ1n) is 4.27. The van der Waals surface area contributed by atoms with E-state index in [-0.39, 0.29) is 16.2 Å². The maximum atomic E-state index is 11.7. The molecule has 1 fully saturated rings. The van der Waals surface area contributed by atoms with Crippen LogP contribution in [0.3, 0.4) is 0 Å². The molecule has 1 aliphatic rings. The zero-order valence-electron chi connectivity index (χ0n) is 7.97. The van der Waals surface area contributed by atoms with Crippen LogP contribution in [0.4, 0.5) is 0 Å². The monoisotopic (exact) mass is 251 g/mol. The summed E-state index contributed by atoms with van der Waals surface area (Å²) in [6.07, 6.45) is 1.36. The summed E-state index contributed by atoms with van der Waals surface area (Å²) < 4.78 is 32.2. The third-order valence-electron chi connectivity index (χ3n) is 2.05. The van der Waals surface area contributed by atoms with Crippen LogP contribution in [0.15, 0.2) is 11.4 Å². The number of aromatic nitrogens is 2. The van der Waals surface area contributed by atoms with Gasteiger partial charge in [0.2, 0.25) is 5.03 Å². The second-order valence-corrected chi connectivity index (χ2v) is 5.29. The molecule has 1 saturated heterocycles. The van der Waals surface area contributed by atoms with Crippen molar-refractivity contribution in [3.8, 4) is 0 Å². The molecule has 1 aromatic rings. The summed E-state index contributed by atoms with van der Waals surface area (Å²) in [6, 6.07) is -0.173. The maximum absolute atomic E-state index is 11.7. The van der Waals surface area contributed by atoms with Crippen molar-refractivity contribution in [3.05, 3.63) is 11.5 Å². The Kier molecular flexibility index (Phi) is 2.72. The van der Waals surface area contributed by atoms with Crippen LogP contribution in [0.2, 0.25) is 5.15 Å². The van der Waals surface area contributed by atoms with Gasteiger partial charge < -0.3 is 9.30 Å². The second-order valence-electron chi connectivity index (χ2n) is 3.31. The predicted molar refractivity (Wildman–Crippen MR) is 53.1 cm³/mol. The summed E-state index contributed by atoms with van der Waals surface area (Å²) in [5.41, 5.74) is 0. The molecule has 0 unspecified atom stereocenters. The average Bonchev–Trinajstić information content (AvgIpc) is 2.42. The van der Waals surface area contributed by atoms with E-state index in [9.17, 15) is 8.42 Å². The molecule has 8 heteroatoms. The van der Waals surface area contributed by atoms with Crippen LogP contribution in [-0.2, 0) is 21.8 Å². The van der Waals surface area contributed by atoms with Crippen molar-refractivity contribution in [1.82, 2.24) is 14.3 Å². The Morgan fingerprint density at radius 1 is 1.67 bits per heavy atom. The lowest BCUT2D eigenvalue weighted by Gasteiger charge is -2.26. The SMILES string of the molecule is Cn1cnc(S(=O)(=O)NC2COC2)c1Cl. The lowest BCUT2D eigenvalue weighted by atomic mass is 10.3. The lowest BCUT2D eigenvalue weighted by molar-refractivity contribution is 0.00480. The quantitative estimate of drug-likeness (QED) is 0.804. The van der Waals surface area contributed by atoms with Crippen molar-refractivity contribution in [1.29, 1.82) is 0 Å². The Bertz CT molecular complexity index is 466. The van der Waals surface area contributed by atoms with Gasteiger partial charge in [-0.15, -0.1) is 0 Å². The van der Waals surface area contributed by atoms with Crippen LogP contribution < -0.4 is 4.72 Å². The van der Waals surface area contributed by atoms with Crippen molar-refractivity contribution < 1.29 is 13.2 Å². The Balaban J connectivity index is 2.24. The maximum Gasteiger partial charge on any atom is 0.261 e. The number of imidazole rings is 1. The number of rotatable bonds is 3. The molecular weight excluding hydrogens is 242 g/mol. The fourth-order valence-electron chi connectivity index (χ4n) is 1.15. The third kappa shape index (κ3) is 2.00. The Labute approximate surface area is 92.3 Å². The molecule has 1 N–H and O–H groups in total. The van der Waals surface area contributed by atoms with Crippen LogP contribution >= 0.6 is 11.6 Å². The van der Waals surface area contributed by atoms with Crippen molar-refractivity contribution in [2.75, 3.05) is 13.2 Å². The van der Waals surface area contributed by atoms with Gasteiger partial charge in [-0.3, -0.25) is 0 Å². The number of sulfonamides is 1. The smallest absolute Gasteiger partial charge is 0.261 e. The van der Waals surface area contributed by atoms with Gasteiger partial charge in [-0.25, -0.2) is 18.1 Å². The minimum Gasteiger partial charge on any atom is -0.378 e. The van der Waals surface area contributed by atoms with E-state index in [1.807, 2.05) is 0 Å². The first-order chi connectivity index (χ1) is 7.00. The summed E-state index contributed by atoms with van der Waals surface area (Å²) in [6.45, 7) is 0.785. The van der Waals surface area contributed by atoms with Gasteiger partial charge in [0.15, 0.2) is 0 Å². The van der Waals surface area contributed by atoms with Gasteiger partial charge >= 0.3 is 0 Å². The average molecular weight is 252 g/mol. The number of aryl methyl sites for hydroxylation is 1. The molecule has 2 heterocycles. The van der Waals surface area contributed by atoms with Crippen molar-refractivity contribution in [3.63, 3.8) is 0 Å². The minimum absolute atomic E-state index is 0.0998. The lowest BCUT2D eigenvalue weighted by Crippen LogP contribution is -2.48. The third-order valence-corrected chi connectivity index (χ3v) is 4.06. The summed E-state index contributed by atoms with van der Waals surface area (Å²) >= 11 is 5.79. The van der Waals surface area contributed by atoms with Gasteiger partial charge in [0.25, 0.3) is 10.0 Å². The van der Waals surface area contributed by atoms with Crippen LogP contribution in [0.5, 0.6) is 0 Å². The van der Waals surface area contributed by atoms with Gasteiger partial charge in [0, 0.05) is 7.05 Å². The molecule has 0 saturated carbocycles. The summed E-state index contributed by atoms with van der Waals surface area (Å²) in [5.74, 6) is 0. The van der Waals surface area contributed by atoms with E-state index < -0.39 is 10.0 Å². The molecule has 0 aromatic carbocycles. The van der Waals surface area contributed by atoms with Gasteiger partial charge in [-0.05, 0) is 0 Å². The number of hydrogen-bond acceptors (Lipinski definition) is 4. The molecule has 0 spiro atoms. The molecule has 1 aliphatic heterocycles. The van der Waals surface area contributed by atoms with Crippen molar-refractivity contribution >= 4 is 21.6 Å². The van der Waals surface area contributed by atoms with Crippen LogP contribution in [0, 0.1) is 0 Å². The Hall–Kier alpha value is -0.630. The van der Waals surface area contributed by atoms with E-state index in [4.69, 9.17) is 16.3 Å². The van der Waals surface area contributed by atoms with E-state index in [0.717, 1.165) is 0 Å². The number of hydrogen-bond donors (Lipinski definition) is 1. The highest BCUT2D eigenvalue weighted by atomic mass is 35.5. The fraction of sp³-hybridized carbons (Fsp3) is 0.571. The summed E-state index contributed by atoms with van der Waals surface area (Å²) in [7, 11) is -2.00. The first kappa shape index (κ1) is 10.9. The first-order valence-corrected chi connectivity index (χ1v) is 6.14. The van der Waals surface area contributed by atoms with Gasteiger partial charge in [0.1, 0.15) is 5.15 Å². The fourth-order valence-corrected chi connectivity index (χ4v) is 2.79. The molecule has 6 nitrogen and oxygen atoms in total. The Morgan fingerprint density at radius 3 is 2.73 bits per heavy atom. The highest BCUT2D eigenvalue weighted by Crippen LogP contribution is 2.19. The highest BCUT2D eigenvalue weighted by molar-refractivity contribution is 7.89. The zero-order valence-corrected chi connectivity index (χ0v) is 9.55. The van der Waals surface area contributed by atoms with Crippen molar-refractivity contribution in [2.45, 2.75) is 11.1 Å². The minimum atomic E-state index is -3.62. The second kappa shape index (κ2) is 3.75. The van der Waals surface area contributed by atoms with Gasteiger partial charge in [-0.2, -0.15) is 0 Å². The molecule has 0 amide bonds. The Morgan fingerprint density at radius 2 is 2.33 bits per heavy atom. The van der Waals surface area contributed by atoms with Crippen LogP contribution in [-0.4, -0.2) is 37.2 Å². The molecule has 0 aliphatic carbocycles. The molecule has 0 radical (unpaired) electrons. The summed E-state index contributed by atoms with van der Waals surface area (Å²) in [4.78, 5) is 3.74.